The van der Waals surface area contributed by atoms with Crippen LogP contribution in [0.15, 0.2) is 59.3 Å². The number of hydrogen-bond acceptors (Lipinski definition) is 5. The van der Waals surface area contributed by atoms with Crippen molar-refractivity contribution in [3.63, 3.8) is 0 Å². The Labute approximate surface area is 129 Å². The van der Waals surface area contributed by atoms with Gasteiger partial charge < -0.3 is 9.73 Å². The van der Waals surface area contributed by atoms with E-state index in [0.29, 0.717) is 18.5 Å². The van der Waals surface area contributed by atoms with Crippen molar-refractivity contribution in [3.8, 4) is 0 Å². The average Bonchev–Trinajstić information content (AvgIpc) is 3.04. The van der Waals surface area contributed by atoms with Gasteiger partial charge in [0.05, 0.1) is 5.92 Å². The first-order chi connectivity index (χ1) is 10.9. The molecule has 0 amide bonds. The zero-order valence-electron chi connectivity index (χ0n) is 12.4. The van der Waals surface area contributed by atoms with Crippen LogP contribution in [0, 0.1) is 0 Å². The first-order valence-electron chi connectivity index (χ1n) is 7.38. The third-order valence-corrected chi connectivity index (χ3v) is 3.52. The predicted octanol–water partition coefficient (Wildman–Crippen LogP) is 3.62. The Bertz CT molecular complexity index is 697. The highest BCUT2D eigenvalue weighted by Crippen LogP contribution is 2.27. The Balaban J connectivity index is 1.70. The molecule has 0 aliphatic heterocycles. The highest BCUT2D eigenvalue weighted by molar-refractivity contribution is 5.27. The standard InChI is InChI=1S/C17H18N4O/c1-2-15(14-8-4-3-5-9-14)16-20-21-17(22-16)19-12-13-7-6-10-18-11-13/h3-11,15H,2,12H2,1H3,(H,19,21)/t15-/m1/s1. The SMILES string of the molecule is CC[C@H](c1ccccc1)c1nnc(NCc2cccnc2)o1. The molecule has 0 bridgehead atoms. The normalized spacial score (nSPS) is 12.0. The predicted molar refractivity (Wildman–Crippen MR) is 84.4 cm³/mol. The summed E-state index contributed by atoms with van der Waals surface area (Å²) in [4.78, 5) is 4.08. The molecule has 112 valence electrons. The average molecular weight is 294 g/mol. The third-order valence-electron chi connectivity index (χ3n) is 3.52. The van der Waals surface area contributed by atoms with Crippen LogP contribution in [0.3, 0.4) is 0 Å². The molecule has 2 heterocycles. The lowest BCUT2D eigenvalue weighted by molar-refractivity contribution is 0.473. The molecule has 0 radical (unpaired) electrons. The first-order valence-corrected chi connectivity index (χ1v) is 7.38. The van der Waals surface area contributed by atoms with Gasteiger partial charge in [-0.1, -0.05) is 48.4 Å². The number of hydrogen-bond donors (Lipinski definition) is 1. The molecule has 1 N–H and O–H groups in total. The number of benzene rings is 1. The largest absolute Gasteiger partial charge is 0.407 e. The summed E-state index contributed by atoms with van der Waals surface area (Å²) in [5.41, 5.74) is 2.25. The lowest BCUT2D eigenvalue weighted by Crippen LogP contribution is -2.00. The smallest absolute Gasteiger partial charge is 0.315 e. The second-order valence-corrected chi connectivity index (χ2v) is 5.03. The molecular weight excluding hydrogens is 276 g/mol. The van der Waals surface area contributed by atoms with E-state index in [4.69, 9.17) is 4.42 Å². The van der Waals surface area contributed by atoms with Crippen LogP contribution in [0.1, 0.15) is 36.3 Å². The second kappa shape index (κ2) is 6.85. The number of aromatic nitrogens is 3. The quantitative estimate of drug-likeness (QED) is 0.752. The Kier molecular flexibility index (Phi) is 4.44. The van der Waals surface area contributed by atoms with E-state index in [0.717, 1.165) is 12.0 Å². The minimum Gasteiger partial charge on any atom is -0.407 e. The molecule has 0 aliphatic rings. The summed E-state index contributed by atoms with van der Waals surface area (Å²) >= 11 is 0. The summed E-state index contributed by atoms with van der Waals surface area (Å²) in [6.07, 6.45) is 4.47. The number of nitrogens with one attached hydrogen (secondary N) is 1. The van der Waals surface area contributed by atoms with Gasteiger partial charge in [0, 0.05) is 18.9 Å². The minimum absolute atomic E-state index is 0.127. The number of rotatable bonds is 6. The van der Waals surface area contributed by atoms with Crippen molar-refractivity contribution in [2.75, 3.05) is 5.32 Å². The van der Waals surface area contributed by atoms with Gasteiger partial charge in [0.2, 0.25) is 5.89 Å². The summed E-state index contributed by atoms with van der Waals surface area (Å²) < 4.78 is 5.76. The summed E-state index contributed by atoms with van der Waals surface area (Å²) in [5, 5.41) is 11.4. The summed E-state index contributed by atoms with van der Waals surface area (Å²) in [7, 11) is 0. The minimum atomic E-state index is 0.127. The van der Waals surface area contributed by atoms with Crippen molar-refractivity contribution < 1.29 is 4.42 Å². The Morgan fingerprint density at radius 1 is 1.09 bits per heavy atom. The first kappa shape index (κ1) is 14.3. The van der Waals surface area contributed by atoms with Gasteiger partial charge in [-0.2, -0.15) is 0 Å². The van der Waals surface area contributed by atoms with Gasteiger partial charge in [0.1, 0.15) is 0 Å². The van der Waals surface area contributed by atoms with Gasteiger partial charge in [-0.3, -0.25) is 4.98 Å². The van der Waals surface area contributed by atoms with E-state index in [2.05, 4.69) is 39.6 Å². The fourth-order valence-electron chi connectivity index (χ4n) is 2.37. The van der Waals surface area contributed by atoms with Crippen LogP contribution in [0.25, 0.3) is 0 Å². The van der Waals surface area contributed by atoms with Gasteiger partial charge in [-0.05, 0) is 23.6 Å². The molecule has 0 saturated carbocycles. The molecular formula is C17H18N4O. The Hall–Kier alpha value is -2.69. The molecule has 0 unspecified atom stereocenters. The van der Waals surface area contributed by atoms with Gasteiger partial charge >= 0.3 is 6.01 Å². The van der Waals surface area contributed by atoms with Gasteiger partial charge in [-0.15, -0.1) is 5.10 Å². The van der Waals surface area contributed by atoms with E-state index < -0.39 is 0 Å². The van der Waals surface area contributed by atoms with E-state index in [9.17, 15) is 0 Å². The Morgan fingerprint density at radius 2 is 1.95 bits per heavy atom. The summed E-state index contributed by atoms with van der Waals surface area (Å²) in [6.45, 7) is 2.72. The summed E-state index contributed by atoms with van der Waals surface area (Å²) in [6, 6.07) is 14.6. The van der Waals surface area contributed by atoms with E-state index in [1.165, 1.54) is 5.56 Å². The Morgan fingerprint density at radius 3 is 2.68 bits per heavy atom. The van der Waals surface area contributed by atoms with Crippen LogP contribution in [0.5, 0.6) is 0 Å². The molecule has 0 fully saturated rings. The van der Waals surface area contributed by atoms with Crippen LogP contribution < -0.4 is 5.32 Å². The maximum absolute atomic E-state index is 5.76. The monoisotopic (exact) mass is 294 g/mol. The van der Waals surface area contributed by atoms with Crippen LogP contribution in [0.2, 0.25) is 0 Å². The highest BCUT2D eigenvalue weighted by Gasteiger charge is 2.18. The van der Waals surface area contributed by atoms with Gasteiger partial charge in [0.25, 0.3) is 0 Å². The van der Waals surface area contributed by atoms with Crippen molar-refractivity contribution in [3.05, 3.63) is 71.9 Å². The van der Waals surface area contributed by atoms with Crippen LogP contribution in [0.4, 0.5) is 6.01 Å². The molecule has 1 aromatic carbocycles. The molecule has 5 heteroatoms. The number of nitrogens with zero attached hydrogens (tertiary/aromatic N) is 3. The molecule has 2 aromatic heterocycles. The molecule has 5 nitrogen and oxygen atoms in total. The van der Waals surface area contributed by atoms with Crippen molar-refractivity contribution in [1.29, 1.82) is 0 Å². The highest BCUT2D eigenvalue weighted by atomic mass is 16.4. The zero-order valence-corrected chi connectivity index (χ0v) is 12.4. The fraction of sp³-hybridized carbons (Fsp3) is 0.235. The number of anilines is 1. The zero-order chi connectivity index (χ0) is 15.2. The molecule has 3 rings (SSSR count). The van der Waals surface area contributed by atoms with E-state index in [1.807, 2.05) is 36.5 Å². The van der Waals surface area contributed by atoms with E-state index in [-0.39, 0.29) is 5.92 Å². The molecule has 0 spiro atoms. The molecule has 22 heavy (non-hydrogen) atoms. The maximum atomic E-state index is 5.76. The van der Waals surface area contributed by atoms with Crippen molar-refractivity contribution in [1.82, 2.24) is 15.2 Å². The second-order valence-electron chi connectivity index (χ2n) is 5.03. The van der Waals surface area contributed by atoms with Crippen LogP contribution in [-0.2, 0) is 6.54 Å². The summed E-state index contributed by atoms with van der Waals surface area (Å²) in [5.74, 6) is 0.769. The maximum Gasteiger partial charge on any atom is 0.315 e. The van der Waals surface area contributed by atoms with Crippen molar-refractivity contribution in [2.45, 2.75) is 25.8 Å². The van der Waals surface area contributed by atoms with Crippen molar-refractivity contribution in [2.24, 2.45) is 0 Å². The lowest BCUT2D eigenvalue weighted by atomic mass is 9.97. The number of pyridine rings is 1. The fourth-order valence-corrected chi connectivity index (χ4v) is 2.37. The van der Waals surface area contributed by atoms with E-state index in [1.54, 1.807) is 6.20 Å². The van der Waals surface area contributed by atoms with Gasteiger partial charge in [-0.25, -0.2) is 0 Å². The van der Waals surface area contributed by atoms with Crippen LogP contribution >= 0.6 is 0 Å². The van der Waals surface area contributed by atoms with Gasteiger partial charge in [0.15, 0.2) is 0 Å². The van der Waals surface area contributed by atoms with Crippen LogP contribution in [-0.4, -0.2) is 15.2 Å². The van der Waals surface area contributed by atoms with E-state index >= 15 is 0 Å². The molecule has 0 saturated heterocycles. The topological polar surface area (TPSA) is 63.8 Å². The lowest BCUT2D eigenvalue weighted by Gasteiger charge is -2.10. The molecule has 3 aromatic rings. The van der Waals surface area contributed by atoms with Crippen molar-refractivity contribution >= 4 is 6.01 Å². The third kappa shape index (κ3) is 3.31. The molecule has 0 aliphatic carbocycles. The molecule has 1 atom stereocenters.